The van der Waals surface area contributed by atoms with Crippen LogP contribution in [0.25, 0.3) is 0 Å². The zero-order valence-electron chi connectivity index (χ0n) is 13.1. The lowest BCUT2D eigenvalue weighted by molar-refractivity contribution is 0.0462. The van der Waals surface area contributed by atoms with Gasteiger partial charge < -0.3 is 16.2 Å². The molecular weight excluding hydrogens is 348 g/mol. The van der Waals surface area contributed by atoms with Crippen molar-refractivity contribution in [2.24, 2.45) is 0 Å². The molecule has 1 fully saturated rings. The normalized spacial score (nSPS) is 15.9. The predicted octanol–water partition coefficient (Wildman–Crippen LogP) is -0.0671. The molecule has 0 atom stereocenters. The lowest BCUT2D eigenvalue weighted by atomic mass is 10.2. The summed E-state index contributed by atoms with van der Waals surface area (Å²) < 4.78 is 30.2. The molecule has 11 heteroatoms. The van der Waals surface area contributed by atoms with Gasteiger partial charge in [-0.2, -0.15) is 15.0 Å². The minimum atomic E-state index is -3.26. The van der Waals surface area contributed by atoms with Gasteiger partial charge in [0.1, 0.15) is 0 Å². The summed E-state index contributed by atoms with van der Waals surface area (Å²) in [5.41, 5.74) is 11.7. The first-order valence-electron chi connectivity index (χ1n) is 7.39. The first kappa shape index (κ1) is 16.9. The number of sulfonamides is 1. The van der Waals surface area contributed by atoms with Crippen LogP contribution in [0.15, 0.2) is 24.3 Å². The molecule has 0 radical (unpaired) electrons. The smallest absolute Gasteiger partial charge is 0.338 e. The maximum absolute atomic E-state index is 12.1. The molecule has 25 heavy (non-hydrogen) atoms. The number of aromatic nitrogens is 3. The van der Waals surface area contributed by atoms with Gasteiger partial charge in [-0.3, -0.25) is 4.31 Å². The summed E-state index contributed by atoms with van der Waals surface area (Å²) in [6.45, 7) is 0.229. The Kier molecular flexibility index (Phi) is 4.40. The summed E-state index contributed by atoms with van der Waals surface area (Å²) in [5.74, 6) is -0.453. The highest BCUT2D eigenvalue weighted by Gasteiger charge is 2.28. The second-order valence-electron chi connectivity index (χ2n) is 5.33. The summed E-state index contributed by atoms with van der Waals surface area (Å²) in [5, 5.41) is 0. The molecule has 0 bridgehead atoms. The van der Waals surface area contributed by atoms with Crippen LogP contribution >= 0.6 is 0 Å². The van der Waals surface area contributed by atoms with Gasteiger partial charge in [0.05, 0.1) is 17.0 Å². The number of carbonyl (C=O) groups excluding carboxylic acids is 1. The molecule has 2 aromatic rings. The summed E-state index contributed by atoms with van der Waals surface area (Å²) in [6.07, 6.45) is 0.588. The Balaban J connectivity index is 1.66. The topological polar surface area (TPSA) is 154 Å². The van der Waals surface area contributed by atoms with E-state index in [0.29, 0.717) is 18.7 Å². The molecule has 3 rings (SSSR count). The molecular formula is C14H16N6O4S. The van der Waals surface area contributed by atoms with Gasteiger partial charge in [-0.25, -0.2) is 13.2 Å². The largest absolute Gasteiger partial charge is 0.454 e. The average Bonchev–Trinajstić information content (AvgIpc) is 2.91. The quantitative estimate of drug-likeness (QED) is 0.709. The van der Waals surface area contributed by atoms with E-state index < -0.39 is 16.0 Å². The third-order valence-corrected chi connectivity index (χ3v) is 5.41. The summed E-state index contributed by atoms with van der Waals surface area (Å²) >= 11 is 0. The van der Waals surface area contributed by atoms with E-state index >= 15 is 0 Å². The van der Waals surface area contributed by atoms with Gasteiger partial charge in [0, 0.05) is 6.54 Å². The lowest BCUT2D eigenvalue weighted by Crippen LogP contribution is -2.25. The summed E-state index contributed by atoms with van der Waals surface area (Å²) in [6, 6.07) is 6.14. The van der Waals surface area contributed by atoms with Gasteiger partial charge in [-0.05, 0) is 30.7 Å². The Morgan fingerprint density at radius 3 is 2.32 bits per heavy atom. The predicted molar refractivity (Wildman–Crippen MR) is 90.0 cm³/mol. The molecule has 0 spiro atoms. The highest BCUT2D eigenvalue weighted by molar-refractivity contribution is 7.93. The van der Waals surface area contributed by atoms with E-state index in [4.69, 9.17) is 16.2 Å². The average molecular weight is 364 g/mol. The third-order valence-electron chi connectivity index (χ3n) is 3.54. The Hall–Kier alpha value is -2.95. The maximum Gasteiger partial charge on any atom is 0.338 e. The first-order valence-corrected chi connectivity index (χ1v) is 8.99. The number of rotatable bonds is 4. The lowest BCUT2D eigenvalue weighted by Gasteiger charge is -2.16. The van der Waals surface area contributed by atoms with Crippen molar-refractivity contribution in [1.82, 2.24) is 15.0 Å². The summed E-state index contributed by atoms with van der Waals surface area (Å²) in [7, 11) is -3.26. The minimum absolute atomic E-state index is 0.0604. The number of hydrogen-bond donors (Lipinski definition) is 2. The maximum atomic E-state index is 12.1. The van der Waals surface area contributed by atoms with Crippen molar-refractivity contribution in [3.63, 3.8) is 0 Å². The van der Waals surface area contributed by atoms with Gasteiger partial charge in [0.2, 0.25) is 21.9 Å². The van der Waals surface area contributed by atoms with Crippen LogP contribution in [0.4, 0.5) is 17.6 Å². The van der Waals surface area contributed by atoms with E-state index in [2.05, 4.69) is 15.0 Å². The molecule has 2 heterocycles. The van der Waals surface area contributed by atoms with Crippen LogP contribution in [0, 0.1) is 0 Å². The van der Waals surface area contributed by atoms with Crippen LogP contribution in [0.2, 0.25) is 0 Å². The Morgan fingerprint density at radius 2 is 1.76 bits per heavy atom. The number of benzene rings is 1. The first-order chi connectivity index (χ1) is 11.8. The van der Waals surface area contributed by atoms with Crippen LogP contribution in [0.3, 0.4) is 0 Å². The number of ether oxygens (including phenoxy) is 1. The second kappa shape index (κ2) is 6.51. The fraction of sp³-hybridized carbons (Fsp3) is 0.286. The molecule has 1 aromatic heterocycles. The van der Waals surface area contributed by atoms with Gasteiger partial charge in [-0.1, -0.05) is 0 Å². The van der Waals surface area contributed by atoms with Crippen LogP contribution in [-0.4, -0.2) is 41.6 Å². The Morgan fingerprint density at radius 1 is 1.12 bits per heavy atom. The zero-order chi connectivity index (χ0) is 18.0. The minimum Gasteiger partial charge on any atom is -0.454 e. The number of nitrogens with zero attached hydrogens (tertiary/aromatic N) is 4. The SMILES string of the molecule is Nc1nc(N)nc(COC(=O)c2ccc(N3CCCS3(=O)=O)cc2)n1. The van der Waals surface area contributed by atoms with Crippen molar-refractivity contribution in [2.45, 2.75) is 13.0 Å². The fourth-order valence-electron chi connectivity index (χ4n) is 2.43. The van der Waals surface area contributed by atoms with Gasteiger partial charge in [0.25, 0.3) is 0 Å². The number of hydrogen-bond acceptors (Lipinski definition) is 9. The standard InChI is InChI=1S/C14H16N6O4S/c15-13-17-11(18-14(16)19-13)8-24-12(21)9-2-4-10(5-3-9)20-6-1-7-25(20,22)23/h2-5H,1,6-8H2,(H4,15,16,17,18,19). The van der Waals surface area contributed by atoms with Gasteiger partial charge in [-0.15, -0.1) is 0 Å². The molecule has 1 saturated heterocycles. The van der Waals surface area contributed by atoms with Gasteiger partial charge >= 0.3 is 5.97 Å². The number of esters is 1. The fourth-order valence-corrected chi connectivity index (χ4v) is 3.99. The molecule has 0 amide bonds. The van der Waals surface area contributed by atoms with Crippen LogP contribution in [0.1, 0.15) is 22.6 Å². The zero-order valence-corrected chi connectivity index (χ0v) is 13.9. The Labute approximate surface area is 143 Å². The Bertz CT molecular complexity index is 880. The van der Waals surface area contributed by atoms with Gasteiger partial charge in [0.15, 0.2) is 12.4 Å². The molecule has 1 aromatic carbocycles. The number of nitrogens with two attached hydrogens (primary N) is 2. The van der Waals surface area contributed by atoms with Crippen LogP contribution < -0.4 is 15.8 Å². The number of anilines is 3. The van der Waals surface area contributed by atoms with Crippen molar-refractivity contribution in [3.8, 4) is 0 Å². The molecule has 0 unspecified atom stereocenters. The van der Waals surface area contributed by atoms with Crippen LogP contribution in [-0.2, 0) is 21.4 Å². The third kappa shape index (κ3) is 3.76. The van der Waals surface area contributed by atoms with Crippen molar-refractivity contribution >= 4 is 33.6 Å². The van der Waals surface area contributed by atoms with Crippen molar-refractivity contribution in [1.29, 1.82) is 0 Å². The van der Waals surface area contributed by atoms with E-state index in [-0.39, 0.29) is 35.6 Å². The molecule has 0 saturated carbocycles. The number of nitrogen functional groups attached to an aromatic ring is 2. The molecule has 1 aliphatic heterocycles. The van der Waals surface area contributed by atoms with Crippen molar-refractivity contribution < 1.29 is 17.9 Å². The van der Waals surface area contributed by atoms with Crippen LogP contribution in [0.5, 0.6) is 0 Å². The number of carbonyl (C=O) groups is 1. The molecule has 1 aliphatic rings. The highest BCUT2D eigenvalue weighted by Crippen LogP contribution is 2.24. The molecule has 132 valence electrons. The summed E-state index contributed by atoms with van der Waals surface area (Å²) in [4.78, 5) is 23.3. The molecule has 4 N–H and O–H groups in total. The van der Waals surface area contributed by atoms with E-state index in [1.807, 2.05) is 0 Å². The molecule has 10 nitrogen and oxygen atoms in total. The highest BCUT2D eigenvalue weighted by atomic mass is 32.2. The monoisotopic (exact) mass is 364 g/mol. The van der Waals surface area contributed by atoms with E-state index in [1.54, 1.807) is 12.1 Å². The molecule has 0 aliphatic carbocycles. The van der Waals surface area contributed by atoms with E-state index in [9.17, 15) is 13.2 Å². The van der Waals surface area contributed by atoms with E-state index in [0.717, 1.165) is 0 Å². The van der Waals surface area contributed by atoms with Crippen molar-refractivity contribution in [3.05, 3.63) is 35.7 Å². The second-order valence-corrected chi connectivity index (χ2v) is 7.35. The van der Waals surface area contributed by atoms with Crippen molar-refractivity contribution in [2.75, 3.05) is 28.1 Å². The van der Waals surface area contributed by atoms with E-state index in [1.165, 1.54) is 16.4 Å².